The van der Waals surface area contributed by atoms with Gasteiger partial charge in [0.1, 0.15) is 6.04 Å². The molecule has 0 bridgehead atoms. The van der Waals surface area contributed by atoms with Crippen LogP contribution in [0.25, 0.3) is 0 Å². The molecule has 1 N–H and O–H groups in total. The smallest absolute Gasteiger partial charge is 0.242 e. The molecule has 1 unspecified atom stereocenters. The van der Waals surface area contributed by atoms with Gasteiger partial charge < -0.3 is 10.1 Å². The number of rotatable bonds is 7. The highest BCUT2D eigenvalue weighted by molar-refractivity contribution is 5.83. The first-order valence-electron chi connectivity index (χ1n) is 5.99. The van der Waals surface area contributed by atoms with Gasteiger partial charge in [0.15, 0.2) is 0 Å². The van der Waals surface area contributed by atoms with Crippen molar-refractivity contribution in [1.82, 2.24) is 15.2 Å². The summed E-state index contributed by atoms with van der Waals surface area (Å²) in [5.74, 6) is -0.0101. The van der Waals surface area contributed by atoms with Crippen molar-refractivity contribution in [2.24, 2.45) is 0 Å². The number of hydrogen-bond donors (Lipinski definition) is 1. The number of nitrogens with zero attached hydrogens (tertiary/aromatic N) is 2. The van der Waals surface area contributed by atoms with Crippen LogP contribution in [0.5, 0.6) is 0 Å². The number of hydrogen-bond acceptors (Lipinski definition) is 4. The van der Waals surface area contributed by atoms with Crippen LogP contribution in [0.4, 0.5) is 0 Å². The van der Waals surface area contributed by atoms with Gasteiger partial charge in [0.25, 0.3) is 0 Å². The SMILES string of the molecule is COCCCNC(=O)C(c1cccnc1)N(C)C. The van der Waals surface area contributed by atoms with E-state index in [1.165, 1.54) is 0 Å². The highest BCUT2D eigenvalue weighted by Gasteiger charge is 2.22. The van der Waals surface area contributed by atoms with Gasteiger partial charge in [-0.25, -0.2) is 0 Å². The first kappa shape index (κ1) is 14.6. The molecule has 0 saturated carbocycles. The Morgan fingerprint density at radius 3 is 2.89 bits per heavy atom. The van der Waals surface area contributed by atoms with Gasteiger partial charge in [-0.05, 0) is 32.1 Å². The van der Waals surface area contributed by atoms with E-state index in [2.05, 4.69) is 10.3 Å². The Hall–Kier alpha value is -1.46. The van der Waals surface area contributed by atoms with Crippen LogP contribution in [0.3, 0.4) is 0 Å². The van der Waals surface area contributed by atoms with E-state index in [1.54, 1.807) is 19.5 Å². The number of amides is 1. The molecule has 0 aliphatic heterocycles. The highest BCUT2D eigenvalue weighted by atomic mass is 16.5. The molecule has 5 nitrogen and oxygen atoms in total. The lowest BCUT2D eigenvalue weighted by atomic mass is 10.1. The molecule has 0 aliphatic rings. The third kappa shape index (κ3) is 4.43. The third-order valence-electron chi connectivity index (χ3n) is 2.59. The number of pyridine rings is 1. The Kier molecular flexibility index (Phi) is 6.32. The monoisotopic (exact) mass is 251 g/mol. The van der Waals surface area contributed by atoms with Crippen molar-refractivity contribution >= 4 is 5.91 Å². The molecule has 0 radical (unpaired) electrons. The summed E-state index contributed by atoms with van der Waals surface area (Å²) in [5.41, 5.74) is 0.895. The van der Waals surface area contributed by atoms with E-state index >= 15 is 0 Å². The molecular weight excluding hydrogens is 230 g/mol. The number of carbonyl (C=O) groups is 1. The lowest BCUT2D eigenvalue weighted by Gasteiger charge is -2.23. The first-order chi connectivity index (χ1) is 8.66. The Morgan fingerprint density at radius 1 is 1.56 bits per heavy atom. The van der Waals surface area contributed by atoms with Crippen LogP contribution in [0.15, 0.2) is 24.5 Å². The predicted molar refractivity (Wildman–Crippen MR) is 70.2 cm³/mol. The van der Waals surface area contributed by atoms with Crippen molar-refractivity contribution in [2.75, 3.05) is 34.4 Å². The van der Waals surface area contributed by atoms with Gasteiger partial charge in [0, 0.05) is 32.7 Å². The van der Waals surface area contributed by atoms with Gasteiger partial charge >= 0.3 is 0 Å². The Morgan fingerprint density at radius 2 is 2.33 bits per heavy atom. The van der Waals surface area contributed by atoms with Gasteiger partial charge in [0.05, 0.1) is 0 Å². The van der Waals surface area contributed by atoms with Crippen LogP contribution in [0, 0.1) is 0 Å². The summed E-state index contributed by atoms with van der Waals surface area (Å²) < 4.78 is 4.94. The molecular formula is C13H21N3O2. The fraction of sp³-hybridized carbons (Fsp3) is 0.538. The number of likely N-dealkylation sites (N-methyl/N-ethyl adjacent to an activating group) is 1. The number of aromatic nitrogens is 1. The van der Waals surface area contributed by atoms with Crippen molar-refractivity contribution < 1.29 is 9.53 Å². The predicted octanol–water partition coefficient (Wildman–Crippen LogP) is 0.837. The van der Waals surface area contributed by atoms with Crippen molar-refractivity contribution in [1.29, 1.82) is 0 Å². The molecule has 1 atom stereocenters. The van der Waals surface area contributed by atoms with E-state index in [4.69, 9.17) is 4.74 Å². The van der Waals surface area contributed by atoms with Gasteiger partial charge in [-0.3, -0.25) is 14.7 Å². The van der Waals surface area contributed by atoms with Crippen LogP contribution < -0.4 is 5.32 Å². The topological polar surface area (TPSA) is 54.5 Å². The second-order valence-electron chi connectivity index (χ2n) is 4.29. The quantitative estimate of drug-likeness (QED) is 0.730. The first-order valence-corrected chi connectivity index (χ1v) is 5.99. The molecule has 0 saturated heterocycles. The molecule has 1 heterocycles. The average molecular weight is 251 g/mol. The van der Waals surface area contributed by atoms with Gasteiger partial charge in [-0.2, -0.15) is 0 Å². The fourth-order valence-electron chi connectivity index (χ4n) is 1.75. The summed E-state index contributed by atoms with van der Waals surface area (Å²) in [6.45, 7) is 1.27. The molecule has 1 amide bonds. The maximum atomic E-state index is 12.1. The number of methoxy groups -OCH3 is 1. The second kappa shape index (κ2) is 7.79. The Balaban J connectivity index is 2.60. The standard InChI is InChI=1S/C13H21N3O2/c1-16(2)12(11-6-4-7-14-10-11)13(17)15-8-5-9-18-3/h4,6-7,10,12H,5,8-9H2,1-3H3,(H,15,17). The van der Waals surface area contributed by atoms with Crippen LogP contribution in [-0.2, 0) is 9.53 Å². The fourth-order valence-corrected chi connectivity index (χ4v) is 1.75. The number of ether oxygens (including phenoxy) is 1. The molecule has 0 aromatic carbocycles. The van der Waals surface area contributed by atoms with Crippen molar-refractivity contribution in [3.05, 3.63) is 30.1 Å². The van der Waals surface area contributed by atoms with Crippen LogP contribution in [0.1, 0.15) is 18.0 Å². The summed E-state index contributed by atoms with van der Waals surface area (Å²) in [4.78, 5) is 18.1. The van der Waals surface area contributed by atoms with Gasteiger partial charge in [-0.1, -0.05) is 6.07 Å². The average Bonchev–Trinajstić information content (AvgIpc) is 2.36. The maximum Gasteiger partial charge on any atom is 0.242 e. The van der Waals surface area contributed by atoms with Crippen molar-refractivity contribution in [2.45, 2.75) is 12.5 Å². The lowest BCUT2D eigenvalue weighted by molar-refractivity contribution is -0.125. The van der Waals surface area contributed by atoms with Crippen LogP contribution >= 0.6 is 0 Å². The van der Waals surface area contributed by atoms with E-state index in [0.29, 0.717) is 13.2 Å². The van der Waals surface area contributed by atoms with E-state index in [0.717, 1.165) is 12.0 Å². The van der Waals surface area contributed by atoms with E-state index in [1.807, 2.05) is 31.1 Å². The van der Waals surface area contributed by atoms with Crippen molar-refractivity contribution in [3.8, 4) is 0 Å². The summed E-state index contributed by atoms with van der Waals surface area (Å²) in [6, 6.07) is 3.44. The molecule has 1 aromatic rings. The zero-order chi connectivity index (χ0) is 13.4. The molecule has 5 heteroatoms. The molecule has 0 spiro atoms. The minimum absolute atomic E-state index is 0.0101. The maximum absolute atomic E-state index is 12.1. The number of carbonyl (C=O) groups excluding carboxylic acids is 1. The largest absolute Gasteiger partial charge is 0.385 e. The second-order valence-corrected chi connectivity index (χ2v) is 4.29. The molecule has 1 aromatic heterocycles. The minimum atomic E-state index is -0.304. The molecule has 0 fully saturated rings. The van der Waals surface area contributed by atoms with Gasteiger partial charge in [-0.15, -0.1) is 0 Å². The van der Waals surface area contributed by atoms with E-state index in [9.17, 15) is 4.79 Å². The zero-order valence-electron chi connectivity index (χ0n) is 11.2. The third-order valence-corrected chi connectivity index (χ3v) is 2.59. The highest BCUT2D eigenvalue weighted by Crippen LogP contribution is 2.16. The summed E-state index contributed by atoms with van der Waals surface area (Å²) >= 11 is 0. The van der Waals surface area contributed by atoms with Crippen LogP contribution in [0.2, 0.25) is 0 Å². The molecule has 1 rings (SSSR count). The lowest BCUT2D eigenvalue weighted by Crippen LogP contribution is -2.37. The minimum Gasteiger partial charge on any atom is -0.385 e. The summed E-state index contributed by atoms with van der Waals surface area (Å²) in [5, 5.41) is 2.91. The van der Waals surface area contributed by atoms with Crippen molar-refractivity contribution in [3.63, 3.8) is 0 Å². The summed E-state index contributed by atoms with van der Waals surface area (Å²) in [7, 11) is 5.42. The zero-order valence-corrected chi connectivity index (χ0v) is 11.2. The van der Waals surface area contributed by atoms with Crippen LogP contribution in [-0.4, -0.2) is 50.1 Å². The Bertz CT molecular complexity index is 355. The van der Waals surface area contributed by atoms with Gasteiger partial charge in [0.2, 0.25) is 5.91 Å². The Labute approximate surface area is 108 Å². The van der Waals surface area contributed by atoms with E-state index in [-0.39, 0.29) is 11.9 Å². The molecule has 18 heavy (non-hydrogen) atoms. The number of nitrogens with one attached hydrogen (secondary N) is 1. The molecule has 0 aliphatic carbocycles. The summed E-state index contributed by atoms with van der Waals surface area (Å²) in [6.07, 6.45) is 4.24. The van der Waals surface area contributed by atoms with E-state index < -0.39 is 0 Å². The molecule has 100 valence electrons. The normalized spacial score (nSPS) is 12.4.